The van der Waals surface area contributed by atoms with Crippen LogP contribution >= 0.6 is 0 Å². The van der Waals surface area contributed by atoms with Gasteiger partial charge in [0.2, 0.25) is 0 Å². The number of hydrogen-bond donors (Lipinski definition) is 1. The SMILES string of the molecule is Cc1ccc(Nc2cc(C3CCC3)nc3nc(-c4ncccc4C(F)(F)F)ccc23)nc1. The van der Waals surface area contributed by atoms with Crippen molar-refractivity contribution in [3.63, 3.8) is 0 Å². The van der Waals surface area contributed by atoms with Crippen LogP contribution in [-0.2, 0) is 6.18 Å². The Labute approximate surface area is 182 Å². The topological polar surface area (TPSA) is 63.6 Å². The van der Waals surface area contributed by atoms with E-state index in [0.717, 1.165) is 42.3 Å². The van der Waals surface area contributed by atoms with Gasteiger partial charge in [-0.25, -0.2) is 15.0 Å². The van der Waals surface area contributed by atoms with Gasteiger partial charge >= 0.3 is 6.18 Å². The molecule has 1 N–H and O–H groups in total. The second-order valence-electron chi connectivity index (χ2n) is 8.03. The van der Waals surface area contributed by atoms with Crippen LogP contribution in [0, 0.1) is 6.92 Å². The van der Waals surface area contributed by atoms with Crippen molar-refractivity contribution >= 4 is 22.5 Å². The fourth-order valence-electron chi connectivity index (χ4n) is 3.79. The van der Waals surface area contributed by atoms with Crippen molar-refractivity contribution in [3.8, 4) is 11.4 Å². The Bertz CT molecular complexity index is 1280. The highest BCUT2D eigenvalue weighted by Crippen LogP contribution is 2.39. The van der Waals surface area contributed by atoms with E-state index in [9.17, 15) is 13.2 Å². The van der Waals surface area contributed by atoms with Crippen molar-refractivity contribution in [1.82, 2.24) is 19.9 Å². The average molecular weight is 435 g/mol. The summed E-state index contributed by atoms with van der Waals surface area (Å²) in [6.45, 7) is 1.96. The molecule has 0 radical (unpaired) electrons. The first-order valence-corrected chi connectivity index (χ1v) is 10.4. The lowest BCUT2D eigenvalue weighted by molar-refractivity contribution is -0.137. The largest absolute Gasteiger partial charge is 0.418 e. The van der Waals surface area contributed by atoms with E-state index in [-0.39, 0.29) is 11.4 Å². The quantitative estimate of drug-likeness (QED) is 0.400. The zero-order valence-electron chi connectivity index (χ0n) is 17.3. The third kappa shape index (κ3) is 3.88. The first kappa shape index (κ1) is 20.4. The molecule has 32 heavy (non-hydrogen) atoms. The first-order valence-electron chi connectivity index (χ1n) is 10.4. The first-order chi connectivity index (χ1) is 15.4. The van der Waals surface area contributed by atoms with Crippen LogP contribution in [-0.4, -0.2) is 19.9 Å². The van der Waals surface area contributed by atoms with Crippen LogP contribution in [0.3, 0.4) is 0 Å². The smallest absolute Gasteiger partial charge is 0.340 e. The van der Waals surface area contributed by atoms with Gasteiger partial charge in [-0.2, -0.15) is 13.2 Å². The Kier molecular flexibility index (Phi) is 5.00. The minimum absolute atomic E-state index is 0.142. The molecule has 4 aromatic heterocycles. The van der Waals surface area contributed by atoms with Crippen LogP contribution in [0.5, 0.6) is 0 Å². The molecule has 0 atom stereocenters. The highest BCUT2D eigenvalue weighted by Gasteiger charge is 2.34. The molecule has 5 rings (SSSR count). The molecule has 1 aliphatic carbocycles. The number of nitrogens with one attached hydrogen (secondary N) is 1. The van der Waals surface area contributed by atoms with Gasteiger partial charge in [-0.15, -0.1) is 0 Å². The van der Waals surface area contributed by atoms with Crippen LogP contribution in [0.25, 0.3) is 22.4 Å². The Morgan fingerprint density at radius 2 is 1.84 bits per heavy atom. The van der Waals surface area contributed by atoms with Crippen LogP contribution in [0.4, 0.5) is 24.7 Å². The van der Waals surface area contributed by atoms with Gasteiger partial charge in [0.25, 0.3) is 0 Å². The van der Waals surface area contributed by atoms with Gasteiger partial charge in [0.05, 0.1) is 16.9 Å². The minimum Gasteiger partial charge on any atom is -0.340 e. The number of aryl methyl sites for hydroxylation is 1. The summed E-state index contributed by atoms with van der Waals surface area (Å²) < 4.78 is 40.5. The lowest BCUT2D eigenvalue weighted by Gasteiger charge is -2.25. The van der Waals surface area contributed by atoms with Crippen molar-refractivity contribution in [1.29, 1.82) is 0 Å². The Balaban J connectivity index is 1.63. The van der Waals surface area contributed by atoms with Crippen LogP contribution in [0.2, 0.25) is 0 Å². The van der Waals surface area contributed by atoms with Gasteiger partial charge in [0, 0.05) is 29.4 Å². The van der Waals surface area contributed by atoms with Crippen LogP contribution in [0.15, 0.2) is 54.9 Å². The number of hydrogen-bond acceptors (Lipinski definition) is 5. The number of aromatic nitrogens is 4. The van der Waals surface area contributed by atoms with Crippen LogP contribution in [0.1, 0.15) is 42.0 Å². The maximum atomic E-state index is 13.5. The van der Waals surface area contributed by atoms with E-state index in [4.69, 9.17) is 4.98 Å². The van der Waals surface area contributed by atoms with Crippen molar-refractivity contribution in [3.05, 3.63) is 71.7 Å². The van der Waals surface area contributed by atoms with Crippen molar-refractivity contribution < 1.29 is 13.2 Å². The summed E-state index contributed by atoms with van der Waals surface area (Å²) in [5.41, 5.74) is 2.23. The van der Waals surface area contributed by atoms with Crippen molar-refractivity contribution in [2.75, 3.05) is 5.32 Å². The van der Waals surface area contributed by atoms with E-state index >= 15 is 0 Å². The lowest BCUT2D eigenvalue weighted by atomic mass is 9.82. The van der Waals surface area contributed by atoms with Gasteiger partial charge in [-0.3, -0.25) is 4.98 Å². The predicted octanol–water partition coefficient (Wildman–Crippen LogP) is 6.43. The molecule has 5 nitrogen and oxygen atoms in total. The number of fused-ring (bicyclic) bond motifs is 1. The van der Waals surface area contributed by atoms with Crippen molar-refractivity contribution in [2.45, 2.75) is 38.3 Å². The number of pyridine rings is 4. The summed E-state index contributed by atoms with van der Waals surface area (Å²) in [5.74, 6) is 1.01. The third-order valence-corrected chi connectivity index (χ3v) is 5.75. The van der Waals surface area contributed by atoms with E-state index in [2.05, 4.69) is 20.3 Å². The summed E-state index contributed by atoms with van der Waals surface area (Å²) in [6, 6.07) is 11.4. The fourth-order valence-corrected chi connectivity index (χ4v) is 3.79. The molecular weight excluding hydrogens is 415 g/mol. The van der Waals surface area contributed by atoms with Gasteiger partial charge in [0.1, 0.15) is 11.5 Å². The monoisotopic (exact) mass is 435 g/mol. The minimum atomic E-state index is -4.52. The highest BCUT2D eigenvalue weighted by molar-refractivity contribution is 5.92. The fraction of sp³-hybridized carbons (Fsp3) is 0.250. The maximum Gasteiger partial charge on any atom is 0.418 e. The Morgan fingerprint density at radius 3 is 2.53 bits per heavy atom. The highest BCUT2D eigenvalue weighted by atomic mass is 19.4. The molecule has 8 heteroatoms. The summed E-state index contributed by atoms with van der Waals surface area (Å²) >= 11 is 0. The molecule has 0 spiro atoms. The molecule has 0 aliphatic heterocycles. The number of nitrogens with zero attached hydrogens (tertiary/aromatic N) is 4. The van der Waals surface area contributed by atoms with E-state index in [1.807, 2.05) is 25.1 Å². The molecule has 4 aromatic rings. The number of anilines is 2. The predicted molar refractivity (Wildman–Crippen MR) is 117 cm³/mol. The van der Waals surface area contributed by atoms with Gasteiger partial charge in [0.15, 0.2) is 5.65 Å². The molecular formula is C24H20F3N5. The molecule has 162 valence electrons. The second kappa shape index (κ2) is 7.85. The van der Waals surface area contributed by atoms with E-state index in [1.54, 1.807) is 18.3 Å². The standard InChI is InChI=1S/C24H20F3N5/c1-14-7-10-21(29-13-14)30-20-12-19(15-4-2-5-15)32-23-16(20)8-9-18(31-23)22-17(24(25,26)27)6-3-11-28-22/h3,6-13,15H,2,4-5H2,1H3,(H,29,30,31,32). The number of rotatable bonds is 4. The molecule has 0 saturated heterocycles. The number of halogens is 3. The molecule has 1 saturated carbocycles. The average Bonchev–Trinajstić information content (AvgIpc) is 2.73. The summed E-state index contributed by atoms with van der Waals surface area (Å²) in [7, 11) is 0. The second-order valence-corrected chi connectivity index (χ2v) is 8.03. The normalized spacial score (nSPS) is 14.4. The van der Waals surface area contributed by atoms with Gasteiger partial charge in [-0.1, -0.05) is 12.5 Å². The summed E-state index contributed by atoms with van der Waals surface area (Å²) in [6.07, 6.45) is 1.81. The molecule has 1 fully saturated rings. The Morgan fingerprint density at radius 1 is 1.00 bits per heavy atom. The van der Waals surface area contributed by atoms with Gasteiger partial charge in [-0.05, 0) is 61.7 Å². The molecule has 0 aromatic carbocycles. The van der Waals surface area contributed by atoms with Crippen molar-refractivity contribution in [2.24, 2.45) is 0 Å². The van der Waals surface area contributed by atoms with E-state index in [1.165, 1.54) is 12.3 Å². The van der Waals surface area contributed by atoms with E-state index < -0.39 is 11.7 Å². The molecule has 0 unspecified atom stereocenters. The Hall–Kier alpha value is -3.55. The van der Waals surface area contributed by atoms with Gasteiger partial charge < -0.3 is 5.32 Å². The van der Waals surface area contributed by atoms with E-state index in [0.29, 0.717) is 22.8 Å². The number of alkyl halides is 3. The summed E-state index contributed by atoms with van der Waals surface area (Å²) in [5, 5.41) is 4.04. The zero-order valence-corrected chi connectivity index (χ0v) is 17.3. The molecule has 0 bridgehead atoms. The lowest BCUT2D eigenvalue weighted by Crippen LogP contribution is -2.12. The summed E-state index contributed by atoms with van der Waals surface area (Å²) in [4.78, 5) is 17.6. The molecule has 4 heterocycles. The van der Waals surface area contributed by atoms with Crippen LogP contribution < -0.4 is 5.32 Å². The zero-order chi connectivity index (χ0) is 22.3. The molecule has 0 amide bonds. The molecule has 1 aliphatic rings. The maximum absolute atomic E-state index is 13.5. The third-order valence-electron chi connectivity index (χ3n) is 5.75.